The number of aromatic nitrogens is 1. The first-order valence-corrected chi connectivity index (χ1v) is 8.57. The Labute approximate surface area is 154 Å². The lowest BCUT2D eigenvalue weighted by atomic mass is 9.87. The van der Waals surface area contributed by atoms with Gasteiger partial charge in [0.1, 0.15) is 5.75 Å². The van der Waals surface area contributed by atoms with Gasteiger partial charge in [0.05, 0.1) is 6.04 Å². The molecule has 2 aromatic rings. The molecule has 1 atom stereocenters. The first kappa shape index (κ1) is 19.2. The molecule has 0 bridgehead atoms. The predicted molar refractivity (Wildman–Crippen MR) is 91.1 cm³/mol. The summed E-state index contributed by atoms with van der Waals surface area (Å²) < 4.78 is 46.0. The number of nitrogens with zero attached hydrogens (tertiary/aromatic N) is 1. The molecule has 1 saturated heterocycles. The third kappa shape index (κ3) is 5.43. The molecule has 0 saturated carbocycles. The SMILES string of the molecule is O=C(NC(c1cccnc1)C1CCOCC1)c1ccc(OC(F)(F)F)cc1. The van der Waals surface area contributed by atoms with Crippen LogP contribution >= 0.6 is 0 Å². The molecule has 1 fully saturated rings. The summed E-state index contributed by atoms with van der Waals surface area (Å²) in [7, 11) is 0. The van der Waals surface area contributed by atoms with E-state index in [4.69, 9.17) is 4.74 Å². The van der Waals surface area contributed by atoms with Gasteiger partial charge in [-0.1, -0.05) is 6.07 Å². The van der Waals surface area contributed by atoms with E-state index in [1.165, 1.54) is 12.1 Å². The number of ether oxygens (including phenoxy) is 2. The van der Waals surface area contributed by atoms with E-state index < -0.39 is 6.36 Å². The van der Waals surface area contributed by atoms with Crippen LogP contribution in [0.25, 0.3) is 0 Å². The Morgan fingerprint density at radius 2 is 1.89 bits per heavy atom. The van der Waals surface area contributed by atoms with Gasteiger partial charge in [0, 0.05) is 31.2 Å². The summed E-state index contributed by atoms with van der Waals surface area (Å²) in [5.74, 6) is -0.541. The van der Waals surface area contributed by atoms with Gasteiger partial charge >= 0.3 is 6.36 Å². The largest absolute Gasteiger partial charge is 0.573 e. The van der Waals surface area contributed by atoms with Crippen LogP contribution < -0.4 is 10.1 Å². The molecule has 0 radical (unpaired) electrons. The van der Waals surface area contributed by atoms with Crippen LogP contribution in [0.2, 0.25) is 0 Å². The highest BCUT2D eigenvalue weighted by Gasteiger charge is 2.31. The second kappa shape index (κ2) is 8.39. The minimum absolute atomic E-state index is 0.194. The van der Waals surface area contributed by atoms with Gasteiger partial charge < -0.3 is 14.8 Å². The summed E-state index contributed by atoms with van der Waals surface area (Å²) >= 11 is 0. The molecular formula is C19H19F3N2O3. The number of carbonyl (C=O) groups is 1. The molecule has 1 N–H and O–H groups in total. The fourth-order valence-corrected chi connectivity index (χ4v) is 3.11. The Bertz CT molecular complexity index is 745. The molecule has 1 aromatic carbocycles. The average molecular weight is 380 g/mol. The number of carbonyl (C=O) groups excluding carboxylic acids is 1. The van der Waals surface area contributed by atoms with Crippen LogP contribution in [0.1, 0.15) is 34.8 Å². The molecule has 1 aromatic heterocycles. The molecule has 0 aliphatic carbocycles. The molecular weight excluding hydrogens is 361 g/mol. The van der Waals surface area contributed by atoms with Crippen LogP contribution in [0.3, 0.4) is 0 Å². The Kier molecular flexibility index (Phi) is 5.95. The van der Waals surface area contributed by atoms with Crippen molar-refractivity contribution in [2.75, 3.05) is 13.2 Å². The van der Waals surface area contributed by atoms with E-state index in [0.717, 1.165) is 30.5 Å². The van der Waals surface area contributed by atoms with Gasteiger partial charge in [0.2, 0.25) is 0 Å². The van der Waals surface area contributed by atoms with Crippen molar-refractivity contribution in [2.45, 2.75) is 25.2 Å². The Morgan fingerprint density at radius 3 is 2.48 bits per heavy atom. The zero-order valence-corrected chi connectivity index (χ0v) is 14.4. The zero-order valence-electron chi connectivity index (χ0n) is 14.4. The lowest BCUT2D eigenvalue weighted by molar-refractivity contribution is -0.274. The van der Waals surface area contributed by atoms with Crippen molar-refractivity contribution >= 4 is 5.91 Å². The summed E-state index contributed by atoms with van der Waals surface area (Å²) in [4.78, 5) is 16.8. The zero-order chi connectivity index (χ0) is 19.3. The molecule has 1 unspecified atom stereocenters. The van der Waals surface area contributed by atoms with Crippen molar-refractivity contribution in [3.63, 3.8) is 0 Å². The van der Waals surface area contributed by atoms with Gasteiger partial charge in [-0.3, -0.25) is 9.78 Å². The number of halogens is 3. The maximum absolute atomic E-state index is 12.6. The van der Waals surface area contributed by atoms with Crippen LogP contribution in [-0.2, 0) is 4.74 Å². The third-order valence-electron chi connectivity index (χ3n) is 4.42. The average Bonchev–Trinajstić information content (AvgIpc) is 2.66. The van der Waals surface area contributed by atoms with Gasteiger partial charge in [-0.05, 0) is 54.7 Å². The van der Waals surface area contributed by atoms with E-state index in [9.17, 15) is 18.0 Å². The number of hydrogen-bond acceptors (Lipinski definition) is 4. The van der Waals surface area contributed by atoms with Crippen LogP contribution in [0.5, 0.6) is 5.75 Å². The summed E-state index contributed by atoms with van der Waals surface area (Å²) in [5.41, 5.74) is 1.14. The molecule has 2 heterocycles. The highest BCUT2D eigenvalue weighted by molar-refractivity contribution is 5.94. The number of amides is 1. The number of pyridine rings is 1. The number of alkyl halides is 3. The quantitative estimate of drug-likeness (QED) is 0.855. The fourth-order valence-electron chi connectivity index (χ4n) is 3.11. The molecule has 8 heteroatoms. The van der Waals surface area contributed by atoms with Crippen molar-refractivity contribution in [1.82, 2.24) is 10.3 Å². The highest BCUT2D eigenvalue weighted by Crippen LogP contribution is 2.30. The van der Waals surface area contributed by atoms with Crippen LogP contribution in [0.4, 0.5) is 13.2 Å². The van der Waals surface area contributed by atoms with E-state index >= 15 is 0 Å². The second-order valence-electron chi connectivity index (χ2n) is 6.26. The van der Waals surface area contributed by atoms with Crippen LogP contribution in [-0.4, -0.2) is 30.5 Å². The minimum atomic E-state index is -4.77. The lowest BCUT2D eigenvalue weighted by Crippen LogP contribution is -2.36. The maximum atomic E-state index is 12.6. The van der Waals surface area contributed by atoms with Crippen molar-refractivity contribution in [1.29, 1.82) is 0 Å². The fraction of sp³-hybridized carbons (Fsp3) is 0.368. The molecule has 144 valence electrons. The van der Waals surface area contributed by atoms with Crippen LogP contribution in [0.15, 0.2) is 48.8 Å². The molecule has 27 heavy (non-hydrogen) atoms. The smallest absolute Gasteiger partial charge is 0.406 e. The number of rotatable bonds is 5. The summed E-state index contributed by atoms with van der Waals surface area (Å²) in [6.07, 6.45) is 0.209. The Morgan fingerprint density at radius 1 is 1.19 bits per heavy atom. The molecule has 1 aliphatic rings. The number of benzene rings is 1. The summed E-state index contributed by atoms with van der Waals surface area (Å²) in [5, 5.41) is 2.99. The predicted octanol–water partition coefficient (Wildman–Crippen LogP) is 3.88. The number of nitrogens with one attached hydrogen (secondary N) is 1. The standard InChI is InChI=1S/C19H19F3N2O3/c20-19(21,22)27-16-5-3-14(4-6-16)18(25)24-17(13-7-10-26-11-8-13)15-2-1-9-23-12-15/h1-6,9,12-13,17H,7-8,10-11H2,(H,24,25). The van der Waals surface area contributed by atoms with Crippen molar-refractivity contribution in [2.24, 2.45) is 5.92 Å². The third-order valence-corrected chi connectivity index (χ3v) is 4.42. The van der Waals surface area contributed by atoms with E-state index in [-0.39, 0.29) is 29.2 Å². The molecule has 5 nitrogen and oxygen atoms in total. The van der Waals surface area contributed by atoms with Gasteiger partial charge in [-0.2, -0.15) is 0 Å². The minimum Gasteiger partial charge on any atom is -0.406 e. The Balaban J connectivity index is 1.74. The monoisotopic (exact) mass is 380 g/mol. The van der Waals surface area contributed by atoms with Crippen molar-refractivity contribution in [3.8, 4) is 5.75 Å². The summed E-state index contributed by atoms with van der Waals surface area (Å²) in [6.45, 7) is 1.25. The van der Waals surface area contributed by atoms with Gasteiger partial charge in [-0.15, -0.1) is 13.2 Å². The molecule has 3 rings (SSSR count). The molecule has 1 amide bonds. The van der Waals surface area contributed by atoms with E-state index in [2.05, 4.69) is 15.0 Å². The maximum Gasteiger partial charge on any atom is 0.573 e. The molecule has 0 spiro atoms. The molecule has 1 aliphatic heterocycles. The first-order chi connectivity index (χ1) is 12.9. The lowest BCUT2D eigenvalue weighted by Gasteiger charge is -2.31. The van der Waals surface area contributed by atoms with E-state index in [1.54, 1.807) is 18.5 Å². The van der Waals surface area contributed by atoms with Crippen molar-refractivity contribution < 1.29 is 27.4 Å². The topological polar surface area (TPSA) is 60.5 Å². The van der Waals surface area contributed by atoms with Gasteiger partial charge in [-0.25, -0.2) is 0 Å². The highest BCUT2D eigenvalue weighted by atomic mass is 19.4. The normalized spacial score (nSPS) is 16.6. The van der Waals surface area contributed by atoms with Gasteiger partial charge in [0.15, 0.2) is 0 Å². The number of hydrogen-bond donors (Lipinski definition) is 1. The first-order valence-electron chi connectivity index (χ1n) is 8.57. The van der Waals surface area contributed by atoms with Crippen LogP contribution in [0, 0.1) is 5.92 Å². The Hall–Kier alpha value is -2.61. The van der Waals surface area contributed by atoms with Gasteiger partial charge in [0.25, 0.3) is 5.91 Å². The summed E-state index contributed by atoms with van der Waals surface area (Å²) in [6, 6.07) is 8.30. The van der Waals surface area contributed by atoms with Crippen molar-refractivity contribution in [3.05, 3.63) is 59.9 Å². The second-order valence-corrected chi connectivity index (χ2v) is 6.26. The van der Waals surface area contributed by atoms with E-state index in [1.807, 2.05) is 6.07 Å². The van der Waals surface area contributed by atoms with E-state index in [0.29, 0.717) is 13.2 Å².